The lowest BCUT2D eigenvalue weighted by atomic mass is 10.2. The van der Waals surface area contributed by atoms with Crippen LogP contribution in [0, 0.1) is 5.92 Å². The van der Waals surface area contributed by atoms with Crippen LogP contribution in [0.5, 0.6) is 5.75 Å². The molecule has 1 atom stereocenters. The molecule has 0 radical (unpaired) electrons. The van der Waals surface area contributed by atoms with E-state index in [1.54, 1.807) is 42.5 Å². The number of rotatable bonds is 7. The van der Waals surface area contributed by atoms with Crippen LogP contribution in [0.2, 0.25) is 10.0 Å². The third-order valence-corrected chi connectivity index (χ3v) is 4.15. The number of carbonyl (C=O) groups is 2. The van der Waals surface area contributed by atoms with E-state index in [2.05, 4.69) is 5.32 Å². The minimum Gasteiger partial charge on any atom is -0.493 e. The molecule has 0 aliphatic carbocycles. The number of benzene rings is 2. The largest absolute Gasteiger partial charge is 0.493 e. The van der Waals surface area contributed by atoms with Crippen LogP contribution in [0.1, 0.15) is 31.1 Å². The fourth-order valence-corrected chi connectivity index (χ4v) is 2.59. The quantitative estimate of drug-likeness (QED) is 0.637. The summed E-state index contributed by atoms with van der Waals surface area (Å²) in [5, 5.41) is 3.17. The SMILES string of the molecule is CC(C)COc1cccc(C(=O)O[C@H](C)C(=O)Nc2c(Cl)cccc2Cl)c1. The molecule has 0 aliphatic rings. The maximum atomic E-state index is 12.3. The van der Waals surface area contributed by atoms with Crippen molar-refractivity contribution in [2.75, 3.05) is 11.9 Å². The van der Waals surface area contributed by atoms with Gasteiger partial charge in [0.15, 0.2) is 6.10 Å². The number of nitrogens with one attached hydrogen (secondary N) is 1. The number of anilines is 1. The van der Waals surface area contributed by atoms with Gasteiger partial charge in [0.1, 0.15) is 5.75 Å². The number of carbonyl (C=O) groups excluding carboxylic acids is 2. The molecule has 0 saturated heterocycles. The van der Waals surface area contributed by atoms with Crippen molar-refractivity contribution in [2.45, 2.75) is 26.9 Å². The summed E-state index contributed by atoms with van der Waals surface area (Å²) in [4.78, 5) is 24.6. The first-order chi connectivity index (χ1) is 12.8. The first kappa shape index (κ1) is 21.1. The topological polar surface area (TPSA) is 64.6 Å². The second kappa shape index (κ2) is 9.62. The maximum Gasteiger partial charge on any atom is 0.339 e. The number of ether oxygens (including phenoxy) is 2. The Labute approximate surface area is 168 Å². The van der Waals surface area contributed by atoms with Crippen LogP contribution in [0.3, 0.4) is 0 Å². The highest BCUT2D eigenvalue weighted by molar-refractivity contribution is 6.39. The summed E-state index contributed by atoms with van der Waals surface area (Å²) >= 11 is 12.1. The molecule has 5 nitrogen and oxygen atoms in total. The van der Waals surface area contributed by atoms with Crippen molar-refractivity contribution in [2.24, 2.45) is 5.92 Å². The molecule has 0 saturated carbocycles. The molecule has 0 aromatic heterocycles. The first-order valence-electron chi connectivity index (χ1n) is 8.46. The second-order valence-corrected chi connectivity index (χ2v) is 7.18. The lowest BCUT2D eigenvalue weighted by Gasteiger charge is -2.15. The number of amides is 1. The summed E-state index contributed by atoms with van der Waals surface area (Å²) in [6, 6.07) is 11.5. The van der Waals surface area contributed by atoms with Gasteiger partial charge in [-0.15, -0.1) is 0 Å². The molecule has 144 valence electrons. The lowest BCUT2D eigenvalue weighted by Crippen LogP contribution is -2.30. The average molecular weight is 410 g/mol. The Kier molecular flexibility index (Phi) is 7.51. The van der Waals surface area contributed by atoms with E-state index in [9.17, 15) is 9.59 Å². The molecule has 2 rings (SSSR count). The summed E-state index contributed by atoms with van der Waals surface area (Å²) in [5.41, 5.74) is 0.574. The van der Waals surface area contributed by atoms with Gasteiger partial charge in [-0.1, -0.05) is 49.2 Å². The number of hydrogen-bond acceptors (Lipinski definition) is 4. The number of para-hydroxylation sites is 1. The van der Waals surface area contributed by atoms with E-state index in [1.165, 1.54) is 6.92 Å². The Morgan fingerprint density at radius 3 is 2.30 bits per heavy atom. The zero-order valence-electron chi connectivity index (χ0n) is 15.3. The molecule has 2 aromatic rings. The highest BCUT2D eigenvalue weighted by Gasteiger charge is 2.21. The summed E-state index contributed by atoms with van der Waals surface area (Å²) in [6.07, 6.45) is -1.04. The van der Waals surface area contributed by atoms with Gasteiger partial charge in [-0.2, -0.15) is 0 Å². The monoisotopic (exact) mass is 409 g/mol. The Morgan fingerprint density at radius 1 is 1.04 bits per heavy atom. The fraction of sp³-hybridized carbons (Fsp3) is 0.300. The zero-order valence-corrected chi connectivity index (χ0v) is 16.8. The smallest absolute Gasteiger partial charge is 0.339 e. The Bertz CT molecular complexity index is 803. The van der Waals surface area contributed by atoms with Gasteiger partial charge in [-0.05, 0) is 43.2 Å². The fourth-order valence-electron chi connectivity index (χ4n) is 2.10. The Hall–Kier alpha value is -2.24. The molecule has 0 heterocycles. The van der Waals surface area contributed by atoms with E-state index < -0.39 is 18.0 Å². The predicted octanol–water partition coefficient (Wildman–Crippen LogP) is 5.21. The van der Waals surface area contributed by atoms with E-state index in [4.69, 9.17) is 32.7 Å². The van der Waals surface area contributed by atoms with Crippen LogP contribution in [0.15, 0.2) is 42.5 Å². The standard InChI is InChI=1S/C20H21Cl2NO4/c1-12(2)11-26-15-7-4-6-14(10-15)20(25)27-13(3)19(24)23-18-16(21)8-5-9-17(18)22/h4-10,12-13H,11H2,1-3H3,(H,23,24)/t13-/m1/s1. The molecule has 0 aliphatic heterocycles. The van der Waals surface area contributed by atoms with Crippen molar-refractivity contribution in [3.63, 3.8) is 0 Å². The van der Waals surface area contributed by atoms with Crippen molar-refractivity contribution in [1.82, 2.24) is 0 Å². The number of halogens is 2. The molecule has 0 unspecified atom stereocenters. The average Bonchev–Trinajstić information content (AvgIpc) is 2.63. The zero-order chi connectivity index (χ0) is 20.0. The molecule has 1 amide bonds. The van der Waals surface area contributed by atoms with Crippen LogP contribution >= 0.6 is 23.2 Å². The van der Waals surface area contributed by atoms with Gasteiger partial charge in [0.25, 0.3) is 5.91 Å². The van der Waals surface area contributed by atoms with E-state index >= 15 is 0 Å². The van der Waals surface area contributed by atoms with Crippen molar-refractivity contribution in [3.8, 4) is 5.75 Å². The van der Waals surface area contributed by atoms with Gasteiger partial charge in [0.05, 0.1) is 27.9 Å². The lowest BCUT2D eigenvalue weighted by molar-refractivity contribution is -0.123. The molecule has 27 heavy (non-hydrogen) atoms. The Morgan fingerprint density at radius 2 is 1.67 bits per heavy atom. The minimum atomic E-state index is -1.04. The van der Waals surface area contributed by atoms with Crippen LogP contribution in [-0.2, 0) is 9.53 Å². The highest BCUT2D eigenvalue weighted by atomic mass is 35.5. The summed E-state index contributed by atoms with van der Waals surface area (Å²) in [7, 11) is 0. The van der Waals surface area contributed by atoms with E-state index in [0.717, 1.165) is 0 Å². The molecular formula is C20H21Cl2NO4. The van der Waals surface area contributed by atoms with E-state index in [-0.39, 0.29) is 5.69 Å². The highest BCUT2D eigenvalue weighted by Crippen LogP contribution is 2.30. The molecule has 0 spiro atoms. The van der Waals surface area contributed by atoms with Gasteiger partial charge in [0.2, 0.25) is 0 Å². The summed E-state index contributed by atoms with van der Waals surface area (Å²) < 4.78 is 10.8. The van der Waals surface area contributed by atoms with Crippen molar-refractivity contribution >= 4 is 40.8 Å². The van der Waals surface area contributed by atoms with Crippen LogP contribution < -0.4 is 10.1 Å². The number of esters is 1. The maximum absolute atomic E-state index is 12.3. The van der Waals surface area contributed by atoms with Gasteiger partial charge >= 0.3 is 5.97 Å². The van der Waals surface area contributed by atoms with Crippen molar-refractivity contribution in [3.05, 3.63) is 58.1 Å². The summed E-state index contributed by atoms with van der Waals surface area (Å²) in [6.45, 7) is 6.07. The normalized spacial score (nSPS) is 11.8. The van der Waals surface area contributed by atoms with E-state index in [0.29, 0.717) is 33.9 Å². The van der Waals surface area contributed by atoms with Crippen LogP contribution in [-0.4, -0.2) is 24.6 Å². The molecule has 0 fully saturated rings. The molecule has 0 bridgehead atoms. The van der Waals surface area contributed by atoms with Crippen molar-refractivity contribution < 1.29 is 19.1 Å². The van der Waals surface area contributed by atoms with Crippen molar-refractivity contribution in [1.29, 1.82) is 0 Å². The third kappa shape index (κ3) is 6.15. The van der Waals surface area contributed by atoms with Gasteiger partial charge in [-0.25, -0.2) is 4.79 Å². The van der Waals surface area contributed by atoms with Gasteiger partial charge in [-0.3, -0.25) is 4.79 Å². The van der Waals surface area contributed by atoms with Gasteiger partial charge in [0, 0.05) is 0 Å². The molecule has 2 aromatic carbocycles. The molecule has 1 N–H and O–H groups in total. The third-order valence-electron chi connectivity index (χ3n) is 3.52. The van der Waals surface area contributed by atoms with Crippen LogP contribution in [0.25, 0.3) is 0 Å². The van der Waals surface area contributed by atoms with E-state index in [1.807, 2.05) is 13.8 Å². The Balaban J connectivity index is 2.00. The summed E-state index contributed by atoms with van der Waals surface area (Å²) in [5.74, 6) is -0.234. The van der Waals surface area contributed by atoms with Crippen LogP contribution in [0.4, 0.5) is 5.69 Å². The predicted molar refractivity (Wildman–Crippen MR) is 107 cm³/mol. The molecular weight excluding hydrogens is 389 g/mol. The first-order valence-corrected chi connectivity index (χ1v) is 9.22. The number of hydrogen-bond donors (Lipinski definition) is 1. The van der Waals surface area contributed by atoms with Gasteiger partial charge < -0.3 is 14.8 Å². The molecule has 7 heteroatoms. The minimum absolute atomic E-state index is 0.276. The second-order valence-electron chi connectivity index (χ2n) is 6.37.